The van der Waals surface area contributed by atoms with E-state index in [1.807, 2.05) is 0 Å². The Morgan fingerprint density at radius 3 is 2.73 bits per heavy atom. The fourth-order valence-electron chi connectivity index (χ4n) is 2.93. The van der Waals surface area contributed by atoms with Gasteiger partial charge in [-0.15, -0.1) is 12.3 Å². The zero-order chi connectivity index (χ0) is 18.7. The SMILES string of the molecule is C#CCCC1(CCC(=O)NC(C)c2nc3ccccc3n2C(F)F)N=N1. The summed E-state index contributed by atoms with van der Waals surface area (Å²) in [5.74, 6) is 2.39. The summed E-state index contributed by atoms with van der Waals surface area (Å²) in [6.07, 6.45) is 7.05. The highest BCUT2D eigenvalue weighted by Gasteiger charge is 2.39. The van der Waals surface area contributed by atoms with Crippen LogP contribution in [0.3, 0.4) is 0 Å². The van der Waals surface area contributed by atoms with E-state index in [-0.39, 0.29) is 18.2 Å². The largest absolute Gasteiger partial charge is 0.346 e. The number of hydrogen-bond acceptors (Lipinski definition) is 4. The molecule has 2 heterocycles. The molecule has 0 fully saturated rings. The van der Waals surface area contributed by atoms with Crippen LogP contribution < -0.4 is 5.32 Å². The molecule has 1 aromatic carbocycles. The van der Waals surface area contributed by atoms with Crippen LogP contribution >= 0.6 is 0 Å². The lowest BCUT2D eigenvalue weighted by Gasteiger charge is -2.16. The van der Waals surface area contributed by atoms with Crippen molar-refractivity contribution in [3.8, 4) is 12.3 Å². The van der Waals surface area contributed by atoms with Gasteiger partial charge in [0.1, 0.15) is 5.82 Å². The Morgan fingerprint density at radius 1 is 1.35 bits per heavy atom. The van der Waals surface area contributed by atoms with Crippen LogP contribution in [0.25, 0.3) is 11.0 Å². The van der Waals surface area contributed by atoms with Gasteiger partial charge in [0, 0.05) is 25.7 Å². The summed E-state index contributed by atoms with van der Waals surface area (Å²) < 4.78 is 27.8. The molecule has 0 radical (unpaired) electrons. The summed E-state index contributed by atoms with van der Waals surface area (Å²) in [7, 11) is 0. The van der Waals surface area contributed by atoms with Crippen LogP contribution in [0.5, 0.6) is 0 Å². The Hall–Kier alpha value is -2.82. The van der Waals surface area contributed by atoms with Crippen LogP contribution in [0, 0.1) is 12.3 Å². The van der Waals surface area contributed by atoms with Crippen molar-refractivity contribution in [2.75, 3.05) is 0 Å². The Balaban J connectivity index is 1.65. The second-order valence-electron chi connectivity index (χ2n) is 6.28. The molecule has 6 nitrogen and oxygen atoms in total. The first kappa shape index (κ1) is 18.0. The smallest absolute Gasteiger partial charge is 0.320 e. The molecule has 1 amide bonds. The predicted molar refractivity (Wildman–Crippen MR) is 92.4 cm³/mol. The molecular formula is C18H19F2N5O. The summed E-state index contributed by atoms with van der Waals surface area (Å²) >= 11 is 0. The molecular weight excluding hydrogens is 340 g/mol. The average molecular weight is 359 g/mol. The van der Waals surface area contributed by atoms with E-state index in [0.717, 1.165) is 4.57 Å². The van der Waals surface area contributed by atoms with Crippen LogP contribution in [0.15, 0.2) is 34.5 Å². The van der Waals surface area contributed by atoms with Gasteiger partial charge in [0.15, 0.2) is 5.66 Å². The van der Waals surface area contributed by atoms with E-state index in [9.17, 15) is 13.6 Å². The molecule has 1 aliphatic rings. The number of carbonyl (C=O) groups is 1. The van der Waals surface area contributed by atoms with Gasteiger partial charge >= 0.3 is 6.55 Å². The number of rotatable bonds is 8. The summed E-state index contributed by atoms with van der Waals surface area (Å²) in [6.45, 7) is -1.11. The first-order valence-corrected chi connectivity index (χ1v) is 8.38. The fourth-order valence-corrected chi connectivity index (χ4v) is 2.93. The number of nitrogens with one attached hydrogen (secondary N) is 1. The molecule has 26 heavy (non-hydrogen) atoms. The number of aromatic nitrogens is 2. The van der Waals surface area contributed by atoms with Crippen molar-refractivity contribution >= 4 is 16.9 Å². The fraction of sp³-hybridized carbons (Fsp3) is 0.444. The molecule has 2 aromatic rings. The number of fused-ring (bicyclic) bond motifs is 1. The first-order valence-electron chi connectivity index (χ1n) is 8.38. The lowest BCUT2D eigenvalue weighted by atomic mass is 10.0. The molecule has 0 aliphatic carbocycles. The second-order valence-corrected chi connectivity index (χ2v) is 6.28. The van der Waals surface area contributed by atoms with Gasteiger partial charge in [-0.25, -0.2) is 4.98 Å². The average Bonchev–Trinajstić information content (AvgIpc) is 3.28. The number of para-hydroxylation sites is 2. The number of nitrogens with zero attached hydrogens (tertiary/aromatic N) is 4. The van der Waals surface area contributed by atoms with Gasteiger partial charge < -0.3 is 5.32 Å². The van der Waals surface area contributed by atoms with Gasteiger partial charge in [0.25, 0.3) is 0 Å². The Morgan fingerprint density at radius 2 is 2.08 bits per heavy atom. The summed E-state index contributed by atoms with van der Waals surface area (Å²) in [5.41, 5.74) is 0.262. The van der Waals surface area contributed by atoms with E-state index in [0.29, 0.717) is 30.3 Å². The van der Waals surface area contributed by atoms with E-state index >= 15 is 0 Å². The van der Waals surface area contributed by atoms with E-state index in [2.05, 4.69) is 26.4 Å². The minimum Gasteiger partial charge on any atom is -0.346 e. The minimum atomic E-state index is -2.74. The molecule has 3 rings (SSSR count). The highest BCUT2D eigenvalue weighted by Crippen LogP contribution is 2.37. The van der Waals surface area contributed by atoms with E-state index in [1.165, 1.54) is 0 Å². The lowest BCUT2D eigenvalue weighted by molar-refractivity contribution is -0.122. The third kappa shape index (κ3) is 3.72. The van der Waals surface area contributed by atoms with E-state index in [4.69, 9.17) is 6.42 Å². The Bertz CT molecular complexity index is 877. The minimum absolute atomic E-state index is 0.123. The van der Waals surface area contributed by atoms with Gasteiger partial charge in [-0.2, -0.15) is 19.0 Å². The van der Waals surface area contributed by atoms with E-state index in [1.54, 1.807) is 31.2 Å². The highest BCUT2D eigenvalue weighted by atomic mass is 19.3. The van der Waals surface area contributed by atoms with Crippen molar-refractivity contribution in [2.45, 2.75) is 50.9 Å². The van der Waals surface area contributed by atoms with E-state index < -0.39 is 18.3 Å². The molecule has 1 N–H and O–H groups in total. The number of terminal acetylenes is 1. The van der Waals surface area contributed by atoms with Crippen molar-refractivity contribution in [2.24, 2.45) is 10.2 Å². The number of alkyl halides is 2. The molecule has 0 bridgehead atoms. The summed E-state index contributed by atoms with van der Waals surface area (Å²) in [6, 6.07) is 6.00. The molecule has 1 unspecified atom stereocenters. The number of imidazole rings is 1. The number of carbonyl (C=O) groups excluding carboxylic acids is 1. The molecule has 8 heteroatoms. The topological polar surface area (TPSA) is 71.6 Å². The second kappa shape index (κ2) is 7.20. The zero-order valence-electron chi connectivity index (χ0n) is 14.3. The van der Waals surface area contributed by atoms with Gasteiger partial charge in [-0.1, -0.05) is 12.1 Å². The number of hydrogen-bond donors (Lipinski definition) is 1. The molecule has 0 saturated carbocycles. The Labute approximate surface area is 149 Å². The van der Waals surface area contributed by atoms with Gasteiger partial charge in [-0.05, 0) is 19.1 Å². The lowest BCUT2D eigenvalue weighted by Crippen LogP contribution is -2.29. The van der Waals surface area contributed by atoms with Crippen molar-refractivity contribution in [3.05, 3.63) is 30.1 Å². The standard InChI is InChI=1S/C18H19F2N5O/c1-3-4-10-18(23-24-18)11-9-15(26)21-12(2)16-22-13-7-5-6-8-14(13)25(16)17(19)20/h1,5-8,12,17H,4,9-11H2,2H3,(H,21,26). The maximum atomic E-state index is 13.5. The van der Waals surface area contributed by atoms with Gasteiger partial charge in [0.05, 0.1) is 17.1 Å². The maximum Gasteiger partial charge on any atom is 0.320 e. The zero-order valence-corrected chi connectivity index (χ0v) is 14.3. The summed E-state index contributed by atoms with van der Waals surface area (Å²) in [5, 5.41) is 10.7. The number of benzene rings is 1. The Kier molecular flexibility index (Phi) is 4.98. The van der Waals surface area contributed by atoms with Crippen molar-refractivity contribution < 1.29 is 13.6 Å². The van der Waals surface area contributed by atoms with Crippen LogP contribution in [-0.2, 0) is 4.79 Å². The molecule has 0 spiro atoms. The maximum absolute atomic E-state index is 13.5. The van der Waals surface area contributed by atoms with Crippen LogP contribution in [0.2, 0.25) is 0 Å². The third-order valence-electron chi connectivity index (χ3n) is 4.39. The van der Waals surface area contributed by atoms with Crippen molar-refractivity contribution in [3.63, 3.8) is 0 Å². The van der Waals surface area contributed by atoms with Crippen LogP contribution in [-0.4, -0.2) is 21.1 Å². The number of amides is 1. The highest BCUT2D eigenvalue weighted by molar-refractivity contribution is 5.78. The van der Waals surface area contributed by atoms with Gasteiger partial charge in [0.2, 0.25) is 5.91 Å². The molecule has 1 aromatic heterocycles. The molecule has 136 valence electrons. The quantitative estimate of drug-likeness (QED) is 0.725. The van der Waals surface area contributed by atoms with Crippen LogP contribution in [0.4, 0.5) is 8.78 Å². The molecule has 1 aliphatic heterocycles. The molecule has 0 saturated heterocycles. The normalized spacial score (nSPS) is 15.8. The van der Waals surface area contributed by atoms with Crippen LogP contribution in [0.1, 0.15) is 51.0 Å². The summed E-state index contributed by atoms with van der Waals surface area (Å²) in [4.78, 5) is 16.5. The van der Waals surface area contributed by atoms with Crippen molar-refractivity contribution in [1.29, 1.82) is 0 Å². The predicted octanol–water partition coefficient (Wildman–Crippen LogP) is 3.96. The third-order valence-corrected chi connectivity index (χ3v) is 4.39. The van der Waals surface area contributed by atoms with Crippen molar-refractivity contribution in [1.82, 2.24) is 14.9 Å². The van der Waals surface area contributed by atoms with Gasteiger partial charge in [-0.3, -0.25) is 9.36 Å². The first-order chi connectivity index (χ1) is 12.5. The molecule has 1 atom stereocenters. The number of halogens is 2. The monoisotopic (exact) mass is 359 g/mol.